The van der Waals surface area contributed by atoms with Crippen molar-refractivity contribution in [2.24, 2.45) is 0 Å². The summed E-state index contributed by atoms with van der Waals surface area (Å²) in [5, 5.41) is 3.76. The van der Waals surface area contributed by atoms with Crippen LogP contribution in [-0.4, -0.2) is 54.6 Å². The van der Waals surface area contributed by atoms with Gasteiger partial charge < -0.3 is 10.2 Å². The van der Waals surface area contributed by atoms with Crippen molar-refractivity contribution in [3.63, 3.8) is 0 Å². The number of nitrogens with zero attached hydrogens (tertiary/aromatic N) is 2. The van der Waals surface area contributed by atoms with Crippen LogP contribution in [0.2, 0.25) is 0 Å². The third kappa shape index (κ3) is 3.62. The number of amides is 4. The van der Waals surface area contributed by atoms with Gasteiger partial charge in [-0.1, -0.05) is 0 Å². The minimum atomic E-state index is -1.96. The fraction of sp³-hybridized carbons (Fsp3) is 0.375. The highest BCUT2D eigenvalue weighted by Gasteiger charge is 2.61. The van der Waals surface area contributed by atoms with E-state index in [-0.39, 0.29) is 49.6 Å². The number of hydrogen-bond donors (Lipinski definition) is 2. The normalized spacial score (nSPS) is 24.2. The minimum Gasteiger partial charge on any atom is -0.338 e. The number of hydrogen-bond acceptors (Lipinski definition) is 5. The van der Waals surface area contributed by atoms with E-state index < -0.39 is 45.5 Å². The van der Waals surface area contributed by atoms with Gasteiger partial charge in [-0.2, -0.15) is 0 Å². The molecule has 3 aliphatic rings. The first-order valence-electron chi connectivity index (χ1n) is 11.5. The van der Waals surface area contributed by atoms with Gasteiger partial charge in [-0.15, -0.1) is 0 Å². The maximum absolute atomic E-state index is 15.4. The highest BCUT2D eigenvalue weighted by atomic mass is 28.1. The largest absolute Gasteiger partial charge is 0.338 e. The van der Waals surface area contributed by atoms with E-state index in [4.69, 9.17) is 0 Å². The minimum absolute atomic E-state index is 0.0683. The van der Waals surface area contributed by atoms with Gasteiger partial charge in [0.25, 0.3) is 11.8 Å². The van der Waals surface area contributed by atoms with E-state index in [1.54, 1.807) is 0 Å². The van der Waals surface area contributed by atoms with Crippen molar-refractivity contribution in [1.82, 2.24) is 20.5 Å². The number of nitrogens with one attached hydrogen (secondary N) is 2. The quantitative estimate of drug-likeness (QED) is 0.455. The van der Waals surface area contributed by atoms with Crippen LogP contribution in [0.25, 0.3) is 0 Å². The number of halogens is 3. The van der Waals surface area contributed by atoms with Gasteiger partial charge in [-0.25, -0.2) is 13.2 Å². The Morgan fingerprint density at radius 1 is 1.19 bits per heavy atom. The van der Waals surface area contributed by atoms with Gasteiger partial charge in [0.05, 0.1) is 6.20 Å². The van der Waals surface area contributed by atoms with Gasteiger partial charge in [0.2, 0.25) is 11.8 Å². The highest BCUT2D eigenvalue weighted by molar-refractivity contribution is 6.32. The van der Waals surface area contributed by atoms with Crippen LogP contribution in [0.5, 0.6) is 0 Å². The molecule has 0 bridgehead atoms. The van der Waals surface area contributed by atoms with Crippen LogP contribution in [0, 0.1) is 11.6 Å². The third-order valence-corrected chi connectivity index (χ3v) is 9.07. The van der Waals surface area contributed by atoms with Crippen molar-refractivity contribution in [3.8, 4) is 0 Å². The Morgan fingerprint density at radius 3 is 2.56 bits per heavy atom. The van der Waals surface area contributed by atoms with Gasteiger partial charge in [-0.3, -0.25) is 29.5 Å². The average molecular weight is 517 g/mol. The van der Waals surface area contributed by atoms with Crippen molar-refractivity contribution in [1.29, 1.82) is 0 Å². The summed E-state index contributed by atoms with van der Waals surface area (Å²) in [6.45, 7) is 1.38. The molecule has 4 amide bonds. The second-order valence-corrected chi connectivity index (χ2v) is 11.6. The summed E-state index contributed by atoms with van der Waals surface area (Å²) in [6, 6.07) is 4.92. The number of benzene rings is 1. The summed E-state index contributed by atoms with van der Waals surface area (Å²) in [6.07, 6.45) is 1.26. The topological polar surface area (TPSA) is 108 Å². The van der Waals surface area contributed by atoms with Crippen molar-refractivity contribution in [2.75, 3.05) is 0 Å². The van der Waals surface area contributed by atoms with Gasteiger partial charge in [0, 0.05) is 40.4 Å². The van der Waals surface area contributed by atoms with Crippen LogP contribution in [-0.2, 0) is 21.7 Å². The maximum atomic E-state index is 15.4. The molecular formula is C24H23F3N4O4Si. The van der Waals surface area contributed by atoms with Crippen LogP contribution in [0.15, 0.2) is 30.5 Å². The van der Waals surface area contributed by atoms with Crippen molar-refractivity contribution < 1.29 is 32.3 Å². The summed E-state index contributed by atoms with van der Waals surface area (Å²) in [5.41, 5.74) is -3.29. The van der Waals surface area contributed by atoms with E-state index in [2.05, 4.69) is 15.6 Å². The molecule has 8 nitrogen and oxygen atoms in total. The molecule has 0 spiro atoms. The average Bonchev–Trinajstić information content (AvgIpc) is 3.49. The zero-order chi connectivity index (χ0) is 26.0. The first-order chi connectivity index (χ1) is 16.9. The fourth-order valence-corrected chi connectivity index (χ4v) is 5.72. The lowest BCUT2D eigenvalue weighted by Gasteiger charge is -2.39. The molecule has 36 heavy (non-hydrogen) atoms. The lowest BCUT2D eigenvalue weighted by Crippen LogP contribution is -2.63. The Balaban J connectivity index is 1.42. The highest BCUT2D eigenvalue weighted by Crippen LogP contribution is 2.53. The summed E-state index contributed by atoms with van der Waals surface area (Å²) in [7, 11) is 0.294. The molecule has 2 atom stereocenters. The SMILES string of the molecule is CC(NC(=O)c1ccc2c(c1)CN([C@]1([SiH3])CCC(=O)NC1=O)C2=O)(c1ncc(F)cc1F)C1(F)CC1. The standard InChI is InChI=1S/C24H23F3N4O4Si/c1-22(23(27)6-7-23,18-16(26)9-14(25)10-28-18)30-19(33)12-2-3-15-13(8-12)11-31(20(15)34)24(36)5-4-17(32)29-21(24)35/h2-3,8-10H,4-7,11H2,1,36H3,(H,30,33)(H,29,32,35)/t22?,24-/m0/s1. The van der Waals surface area contributed by atoms with E-state index in [0.29, 0.717) is 27.4 Å². The number of carbonyl (C=O) groups excluding carboxylic acids is 4. The molecule has 1 saturated heterocycles. The van der Waals surface area contributed by atoms with E-state index in [1.807, 2.05) is 0 Å². The molecule has 5 rings (SSSR count). The third-order valence-electron chi connectivity index (χ3n) is 7.58. The van der Waals surface area contributed by atoms with Gasteiger partial charge in [0.15, 0.2) is 0 Å². The number of rotatable bonds is 5. The Morgan fingerprint density at radius 2 is 1.92 bits per heavy atom. The van der Waals surface area contributed by atoms with Crippen LogP contribution >= 0.6 is 0 Å². The predicted molar refractivity (Wildman–Crippen MR) is 123 cm³/mol. The molecule has 3 heterocycles. The maximum Gasteiger partial charge on any atom is 0.255 e. The van der Waals surface area contributed by atoms with Crippen LogP contribution in [0.4, 0.5) is 13.2 Å². The van der Waals surface area contributed by atoms with Crippen molar-refractivity contribution in [2.45, 2.75) is 55.5 Å². The summed E-state index contributed by atoms with van der Waals surface area (Å²) in [5.74, 6) is -3.98. The molecule has 1 unspecified atom stereocenters. The fourth-order valence-electron chi connectivity index (χ4n) is 4.99. The summed E-state index contributed by atoms with van der Waals surface area (Å²) < 4.78 is 43.4. The molecular weight excluding hydrogens is 493 g/mol. The zero-order valence-electron chi connectivity index (χ0n) is 19.6. The number of aromatic nitrogens is 1. The lowest BCUT2D eigenvalue weighted by molar-refractivity contribution is -0.138. The van der Waals surface area contributed by atoms with Crippen LogP contribution in [0.1, 0.15) is 64.6 Å². The number of fused-ring (bicyclic) bond motifs is 1. The summed E-state index contributed by atoms with van der Waals surface area (Å²) >= 11 is 0. The van der Waals surface area contributed by atoms with E-state index in [0.717, 1.165) is 6.20 Å². The Kier molecular flexibility index (Phi) is 5.36. The number of imide groups is 1. The first kappa shape index (κ1) is 24.2. The number of pyridine rings is 1. The molecule has 188 valence electrons. The Hall–Kier alpha value is -3.54. The number of piperidine rings is 1. The molecule has 2 aliphatic heterocycles. The van der Waals surface area contributed by atoms with Crippen molar-refractivity contribution in [3.05, 3.63) is 64.5 Å². The Labute approximate surface area is 207 Å². The van der Waals surface area contributed by atoms with E-state index >= 15 is 4.39 Å². The lowest BCUT2D eigenvalue weighted by atomic mass is 9.88. The summed E-state index contributed by atoms with van der Waals surface area (Å²) in [4.78, 5) is 55.6. The van der Waals surface area contributed by atoms with Gasteiger partial charge in [0.1, 0.15) is 33.7 Å². The zero-order valence-corrected chi connectivity index (χ0v) is 21.6. The first-order valence-corrected chi connectivity index (χ1v) is 12.5. The van der Waals surface area contributed by atoms with E-state index in [9.17, 15) is 28.0 Å². The second kappa shape index (κ2) is 7.98. The molecule has 2 fully saturated rings. The van der Waals surface area contributed by atoms with Crippen LogP contribution < -0.4 is 10.6 Å². The predicted octanol–water partition coefficient (Wildman–Crippen LogP) is 0.961. The van der Waals surface area contributed by atoms with Gasteiger partial charge >= 0.3 is 0 Å². The molecule has 1 aliphatic carbocycles. The Bertz CT molecular complexity index is 1350. The molecule has 12 heteroatoms. The smallest absolute Gasteiger partial charge is 0.255 e. The molecule has 1 saturated carbocycles. The molecule has 0 radical (unpaired) electrons. The van der Waals surface area contributed by atoms with Crippen molar-refractivity contribution >= 4 is 33.9 Å². The second-order valence-electron chi connectivity index (χ2n) is 9.94. The molecule has 2 N–H and O–H groups in total. The van der Waals surface area contributed by atoms with Crippen LogP contribution in [0.3, 0.4) is 0 Å². The number of carbonyl (C=O) groups is 4. The van der Waals surface area contributed by atoms with Gasteiger partial charge in [-0.05, 0) is 49.9 Å². The number of alkyl halides is 1. The monoisotopic (exact) mass is 516 g/mol. The molecule has 1 aromatic heterocycles. The molecule has 2 aromatic rings. The molecule has 1 aromatic carbocycles. The van der Waals surface area contributed by atoms with E-state index in [1.165, 1.54) is 30.0 Å².